The number of aryl methyl sites for hydroxylation is 1. The summed E-state index contributed by atoms with van der Waals surface area (Å²) < 4.78 is 37.2. The van der Waals surface area contributed by atoms with E-state index < -0.39 is 11.9 Å². The highest BCUT2D eigenvalue weighted by molar-refractivity contribution is 5.79. The van der Waals surface area contributed by atoms with Crippen LogP contribution in [0.5, 0.6) is 0 Å². The van der Waals surface area contributed by atoms with Crippen LogP contribution in [-0.4, -0.2) is 9.97 Å². The summed E-state index contributed by atoms with van der Waals surface area (Å²) in [5.74, 6) is 0. The van der Waals surface area contributed by atoms with E-state index in [1.54, 1.807) is 6.20 Å². The van der Waals surface area contributed by atoms with Crippen LogP contribution in [0.1, 0.15) is 18.2 Å². The fourth-order valence-corrected chi connectivity index (χ4v) is 1.48. The van der Waals surface area contributed by atoms with Crippen LogP contribution in [0.2, 0.25) is 0 Å². The zero-order valence-electron chi connectivity index (χ0n) is 8.02. The number of rotatable bonds is 1. The fraction of sp³-hybridized carbons (Fsp3) is 0.300. The summed E-state index contributed by atoms with van der Waals surface area (Å²) in [6, 6.07) is 2.39. The van der Waals surface area contributed by atoms with Gasteiger partial charge in [-0.05, 0) is 24.1 Å². The van der Waals surface area contributed by atoms with Crippen LogP contribution in [0.15, 0.2) is 18.3 Å². The molecule has 2 nitrogen and oxygen atoms in total. The molecule has 0 aliphatic heterocycles. The lowest BCUT2D eigenvalue weighted by Gasteiger charge is -2.05. The number of fused-ring (bicyclic) bond motifs is 1. The number of H-pyrrole nitrogens is 1. The van der Waals surface area contributed by atoms with E-state index in [0.717, 1.165) is 11.6 Å². The minimum atomic E-state index is -4.38. The molecule has 5 heteroatoms. The first-order valence-electron chi connectivity index (χ1n) is 4.56. The Hall–Kier alpha value is -1.52. The first kappa shape index (κ1) is 10.0. The van der Waals surface area contributed by atoms with Gasteiger partial charge in [0.2, 0.25) is 0 Å². The molecule has 2 heterocycles. The highest BCUT2D eigenvalue weighted by Gasteiger charge is 2.32. The van der Waals surface area contributed by atoms with Gasteiger partial charge in [0.1, 0.15) is 5.69 Å². The van der Waals surface area contributed by atoms with Crippen LogP contribution in [0.4, 0.5) is 13.2 Å². The first-order chi connectivity index (χ1) is 7.02. The molecule has 0 saturated heterocycles. The molecule has 0 radical (unpaired) electrons. The summed E-state index contributed by atoms with van der Waals surface area (Å²) >= 11 is 0. The first-order valence-corrected chi connectivity index (χ1v) is 4.56. The van der Waals surface area contributed by atoms with Gasteiger partial charge in [-0.25, -0.2) is 4.98 Å². The van der Waals surface area contributed by atoms with E-state index in [0.29, 0.717) is 17.5 Å². The SMILES string of the molecule is CCc1c[nH]c2ccc(C(F)(F)F)nc12. The van der Waals surface area contributed by atoms with Gasteiger partial charge in [-0.15, -0.1) is 0 Å². The average Bonchev–Trinajstić information content (AvgIpc) is 2.57. The summed E-state index contributed by atoms with van der Waals surface area (Å²) in [5, 5.41) is 0. The van der Waals surface area contributed by atoms with Gasteiger partial charge < -0.3 is 4.98 Å². The molecule has 80 valence electrons. The molecule has 0 aliphatic carbocycles. The molecule has 15 heavy (non-hydrogen) atoms. The van der Waals surface area contributed by atoms with Crippen molar-refractivity contribution in [2.24, 2.45) is 0 Å². The van der Waals surface area contributed by atoms with Gasteiger partial charge in [-0.3, -0.25) is 0 Å². The second-order valence-electron chi connectivity index (χ2n) is 3.26. The van der Waals surface area contributed by atoms with Gasteiger partial charge >= 0.3 is 6.18 Å². The minimum Gasteiger partial charge on any atom is -0.360 e. The maximum atomic E-state index is 12.4. The van der Waals surface area contributed by atoms with Crippen LogP contribution >= 0.6 is 0 Å². The predicted octanol–water partition coefficient (Wildman–Crippen LogP) is 3.14. The van der Waals surface area contributed by atoms with E-state index in [4.69, 9.17) is 0 Å². The monoisotopic (exact) mass is 214 g/mol. The number of hydrogen-bond acceptors (Lipinski definition) is 1. The standard InChI is InChI=1S/C10H9F3N2/c1-2-6-5-14-7-3-4-8(10(11,12)13)15-9(6)7/h3-5,14H,2H2,1H3. The molecule has 0 bridgehead atoms. The van der Waals surface area contributed by atoms with E-state index in [9.17, 15) is 13.2 Å². The Morgan fingerprint density at radius 1 is 1.33 bits per heavy atom. The normalized spacial score (nSPS) is 12.3. The van der Waals surface area contributed by atoms with Gasteiger partial charge in [0, 0.05) is 6.20 Å². The molecule has 2 aromatic rings. The number of aromatic nitrogens is 2. The Kier molecular flexibility index (Phi) is 2.17. The molecule has 2 rings (SSSR count). The van der Waals surface area contributed by atoms with Crippen molar-refractivity contribution >= 4 is 11.0 Å². The molecule has 0 fully saturated rings. The van der Waals surface area contributed by atoms with Crippen molar-refractivity contribution in [3.63, 3.8) is 0 Å². The summed E-state index contributed by atoms with van der Waals surface area (Å²) in [6.07, 6.45) is -2.03. The molecule has 0 amide bonds. The topological polar surface area (TPSA) is 28.7 Å². The van der Waals surface area contributed by atoms with Crippen LogP contribution in [0.25, 0.3) is 11.0 Å². The van der Waals surface area contributed by atoms with Crippen molar-refractivity contribution in [2.45, 2.75) is 19.5 Å². The highest BCUT2D eigenvalue weighted by Crippen LogP contribution is 2.29. The number of alkyl halides is 3. The number of halogens is 3. The number of nitrogens with one attached hydrogen (secondary N) is 1. The van der Waals surface area contributed by atoms with Crippen LogP contribution < -0.4 is 0 Å². The van der Waals surface area contributed by atoms with Crippen molar-refractivity contribution in [2.75, 3.05) is 0 Å². The molecule has 2 aromatic heterocycles. The van der Waals surface area contributed by atoms with Crippen molar-refractivity contribution in [3.05, 3.63) is 29.6 Å². The summed E-state index contributed by atoms with van der Waals surface area (Å²) in [6.45, 7) is 1.88. The third kappa shape index (κ3) is 1.69. The van der Waals surface area contributed by atoms with Gasteiger partial charge in [0.15, 0.2) is 0 Å². The van der Waals surface area contributed by atoms with E-state index >= 15 is 0 Å². The number of aromatic amines is 1. The second-order valence-corrected chi connectivity index (χ2v) is 3.26. The van der Waals surface area contributed by atoms with E-state index in [1.807, 2.05) is 6.92 Å². The Labute approximate surface area is 84.1 Å². The van der Waals surface area contributed by atoms with Crippen LogP contribution in [0.3, 0.4) is 0 Å². The van der Waals surface area contributed by atoms with Crippen molar-refractivity contribution in [1.82, 2.24) is 9.97 Å². The minimum absolute atomic E-state index is 0.410. The maximum Gasteiger partial charge on any atom is 0.433 e. The Balaban J connectivity index is 2.63. The molecule has 0 unspecified atom stereocenters. The number of nitrogens with zero attached hydrogens (tertiary/aromatic N) is 1. The lowest BCUT2D eigenvalue weighted by molar-refractivity contribution is -0.140. The quantitative estimate of drug-likeness (QED) is 0.776. The number of pyridine rings is 1. The van der Waals surface area contributed by atoms with Gasteiger partial charge in [0.05, 0.1) is 11.0 Å². The third-order valence-electron chi connectivity index (χ3n) is 2.27. The van der Waals surface area contributed by atoms with Crippen molar-refractivity contribution in [3.8, 4) is 0 Å². The molecule has 1 N–H and O–H groups in total. The second kappa shape index (κ2) is 3.25. The third-order valence-corrected chi connectivity index (χ3v) is 2.27. The summed E-state index contributed by atoms with van der Waals surface area (Å²) in [7, 11) is 0. The molecular formula is C10H9F3N2. The number of hydrogen-bond donors (Lipinski definition) is 1. The van der Waals surface area contributed by atoms with Crippen molar-refractivity contribution in [1.29, 1.82) is 0 Å². The lowest BCUT2D eigenvalue weighted by atomic mass is 10.2. The Morgan fingerprint density at radius 2 is 2.07 bits per heavy atom. The Bertz CT molecular complexity index is 485. The molecular weight excluding hydrogens is 205 g/mol. The molecule has 0 saturated carbocycles. The average molecular weight is 214 g/mol. The maximum absolute atomic E-state index is 12.4. The van der Waals surface area contributed by atoms with Crippen LogP contribution in [-0.2, 0) is 12.6 Å². The van der Waals surface area contributed by atoms with E-state index in [1.165, 1.54) is 6.07 Å². The zero-order chi connectivity index (χ0) is 11.1. The van der Waals surface area contributed by atoms with Crippen molar-refractivity contribution < 1.29 is 13.2 Å². The fourth-order valence-electron chi connectivity index (χ4n) is 1.48. The largest absolute Gasteiger partial charge is 0.433 e. The molecule has 0 spiro atoms. The highest BCUT2D eigenvalue weighted by atomic mass is 19.4. The van der Waals surface area contributed by atoms with E-state index in [2.05, 4.69) is 9.97 Å². The molecule has 0 atom stereocenters. The Morgan fingerprint density at radius 3 is 2.67 bits per heavy atom. The van der Waals surface area contributed by atoms with Gasteiger partial charge in [-0.2, -0.15) is 13.2 Å². The predicted molar refractivity (Wildman–Crippen MR) is 50.5 cm³/mol. The smallest absolute Gasteiger partial charge is 0.360 e. The van der Waals surface area contributed by atoms with Gasteiger partial charge in [-0.1, -0.05) is 6.92 Å². The van der Waals surface area contributed by atoms with E-state index in [-0.39, 0.29) is 0 Å². The molecule has 0 aliphatic rings. The van der Waals surface area contributed by atoms with Crippen LogP contribution in [0, 0.1) is 0 Å². The molecule has 0 aromatic carbocycles. The van der Waals surface area contributed by atoms with Gasteiger partial charge in [0.25, 0.3) is 0 Å². The summed E-state index contributed by atoms with van der Waals surface area (Å²) in [4.78, 5) is 6.51. The lowest BCUT2D eigenvalue weighted by Crippen LogP contribution is -2.07. The summed E-state index contributed by atoms with van der Waals surface area (Å²) in [5.41, 5.74) is 1.01. The zero-order valence-corrected chi connectivity index (χ0v) is 8.02.